The van der Waals surface area contributed by atoms with E-state index in [0.29, 0.717) is 19.5 Å². The zero-order valence-electron chi connectivity index (χ0n) is 2.94. The average Bonchev–Trinajstić information content (AvgIpc) is 1.76. The van der Waals surface area contributed by atoms with E-state index >= 15 is 0 Å². The monoisotopic (exact) mass is 204 g/mol. The van der Waals surface area contributed by atoms with E-state index < -0.39 is 0 Å². The first-order valence-corrected chi connectivity index (χ1v) is 7.16. The normalized spacial score (nSPS) is 24.0. The van der Waals surface area contributed by atoms with E-state index in [9.17, 15) is 0 Å². The Bertz CT molecular complexity index is 18.5. The van der Waals surface area contributed by atoms with Crippen LogP contribution in [0.1, 0.15) is 6.42 Å². The predicted molar refractivity (Wildman–Crippen MR) is 27.6 cm³/mol. The molecule has 1 aliphatic heterocycles. The van der Waals surface area contributed by atoms with Crippen molar-refractivity contribution in [3.8, 4) is 0 Å². The molecule has 0 aromatic heterocycles. The van der Waals surface area contributed by atoms with Crippen molar-refractivity contribution in [2.75, 3.05) is 5.75 Å². The molecule has 0 nitrogen and oxygen atoms in total. The van der Waals surface area contributed by atoms with Gasteiger partial charge in [-0.25, -0.2) is 0 Å². The van der Waals surface area contributed by atoms with Crippen LogP contribution >= 0.6 is 8.99 Å². The Kier molecular flexibility index (Phi) is 2.01. The topological polar surface area (TPSA) is 0 Å². The molecule has 0 aromatic rings. The Balaban J connectivity index is 2.08. The Labute approximate surface area is 45.3 Å². The van der Waals surface area contributed by atoms with Gasteiger partial charge >= 0.3 is 45.2 Å². The summed E-state index contributed by atoms with van der Waals surface area (Å²) in [7, 11) is 2.20. The van der Waals surface area contributed by atoms with E-state index in [-0.39, 0.29) is 0 Å². The van der Waals surface area contributed by atoms with Crippen LogP contribution in [-0.4, -0.2) is 25.3 Å². The van der Waals surface area contributed by atoms with E-state index in [0.717, 1.165) is 0 Å². The van der Waals surface area contributed by atoms with Gasteiger partial charge in [0.05, 0.1) is 0 Å². The number of hydrogen-bond acceptors (Lipinski definition) is 1. The van der Waals surface area contributed by atoms with Crippen molar-refractivity contribution in [2.24, 2.45) is 0 Å². The van der Waals surface area contributed by atoms with E-state index in [1.54, 1.807) is 4.47 Å². The van der Waals surface area contributed by atoms with Crippen LogP contribution in [0, 0.1) is 0 Å². The zero-order chi connectivity index (χ0) is 3.54. The molecule has 1 fully saturated rings. The van der Waals surface area contributed by atoms with E-state index in [1.807, 2.05) is 0 Å². The van der Waals surface area contributed by atoms with Gasteiger partial charge in [0.1, 0.15) is 0 Å². The van der Waals surface area contributed by atoms with Crippen molar-refractivity contribution in [3.63, 3.8) is 0 Å². The first-order chi connectivity index (χ1) is 2.50. The molecule has 0 N–H and O–H groups in total. The van der Waals surface area contributed by atoms with Crippen LogP contribution < -0.4 is 0 Å². The molecule has 1 rings (SSSR count). The summed E-state index contributed by atoms with van der Waals surface area (Å²) in [5, 5.41) is 0. The van der Waals surface area contributed by atoms with Crippen LogP contribution in [0.2, 0.25) is 4.47 Å². The zero-order valence-corrected chi connectivity index (χ0v) is 6.08. The molecule has 0 unspecified atom stereocenters. The Morgan fingerprint density at radius 3 is 2.80 bits per heavy atom. The fraction of sp³-hybridized carbons (Fsp3) is 1.00. The van der Waals surface area contributed by atoms with Gasteiger partial charge in [-0.05, 0) is 0 Å². The van der Waals surface area contributed by atoms with Crippen LogP contribution in [-0.2, 0) is 0 Å². The molecule has 0 aliphatic carbocycles. The minimum absolute atomic E-state index is 0.521. The van der Waals surface area contributed by atoms with Crippen LogP contribution in [0.15, 0.2) is 0 Å². The molecular formula is C3H6STe. The molecule has 0 spiro atoms. The van der Waals surface area contributed by atoms with Gasteiger partial charge in [0.25, 0.3) is 0 Å². The van der Waals surface area contributed by atoms with Crippen LogP contribution in [0.3, 0.4) is 0 Å². The van der Waals surface area contributed by atoms with Crippen molar-refractivity contribution in [2.45, 2.75) is 10.9 Å². The van der Waals surface area contributed by atoms with Gasteiger partial charge in [-0.2, -0.15) is 0 Å². The molecule has 1 aliphatic rings. The molecular weight excluding hydrogens is 196 g/mol. The molecule has 30 valence electrons. The Morgan fingerprint density at radius 2 is 2.60 bits per heavy atom. The summed E-state index contributed by atoms with van der Waals surface area (Å²) in [5.41, 5.74) is 0. The fourth-order valence-electron chi connectivity index (χ4n) is 0.295. The summed E-state index contributed by atoms with van der Waals surface area (Å²) >= 11 is 0.521. The standard InChI is InChI=1S/C3H6STe/c1-2-4-5-3-1/h1-3H2. The van der Waals surface area contributed by atoms with Gasteiger partial charge in [-0.3, -0.25) is 0 Å². The van der Waals surface area contributed by atoms with E-state index in [1.165, 1.54) is 12.2 Å². The number of rotatable bonds is 0. The summed E-state index contributed by atoms with van der Waals surface area (Å²) < 4.78 is 1.59. The predicted octanol–water partition coefficient (Wildman–Crippen LogP) is 1.16. The first kappa shape index (κ1) is 4.30. The first-order valence-electron chi connectivity index (χ1n) is 1.74. The van der Waals surface area contributed by atoms with Crippen molar-refractivity contribution >= 4 is 28.5 Å². The van der Waals surface area contributed by atoms with Crippen molar-refractivity contribution in [1.29, 1.82) is 0 Å². The van der Waals surface area contributed by atoms with Gasteiger partial charge in [-0.1, -0.05) is 0 Å². The molecule has 2 heteroatoms. The average molecular weight is 202 g/mol. The summed E-state index contributed by atoms with van der Waals surface area (Å²) in [5.74, 6) is 1.47. The van der Waals surface area contributed by atoms with Crippen LogP contribution in [0.5, 0.6) is 0 Å². The van der Waals surface area contributed by atoms with Crippen LogP contribution in [0.25, 0.3) is 0 Å². The third-order valence-corrected chi connectivity index (χ3v) is 6.43. The van der Waals surface area contributed by atoms with Gasteiger partial charge in [-0.15, -0.1) is 0 Å². The minimum atomic E-state index is 0.521. The molecule has 0 aromatic carbocycles. The van der Waals surface area contributed by atoms with Crippen molar-refractivity contribution in [1.82, 2.24) is 0 Å². The number of hydrogen-bond donors (Lipinski definition) is 0. The second-order valence-electron chi connectivity index (χ2n) is 0.998. The molecule has 1 heterocycles. The van der Waals surface area contributed by atoms with Crippen LogP contribution in [0.4, 0.5) is 0 Å². The molecule has 0 saturated carbocycles. The Hall–Kier alpha value is 1.14. The van der Waals surface area contributed by atoms with Crippen molar-refractivity contribution in [3.05, 3.63) is 0 Å². The fourth-order valence-corrected chi connectivity index (χ4v) is 5.93. The SMILES string of the molecule is C1CS[Te]C1. The second kappa shape index (κ2) is 2.34. The molecule has 1 saturated heterocycles. The van der Waals surface area contributed by atoms with Gasteiger partial charge in [0.15, 0.2) is 0 Å². The maximum atomic E-state index is 2.20. The van der Waals surface area contributed by atoms with Gasteiger partial charge in [0, 0.05) is 0 Å². The molecule has 0 atom stereocenters. The second-order valence-corrected chi connectivity index (χ2v) is 7.08. The van der Waals surface area contributed by atoms with E-state index in [4.69, 9.17) is 0 Å². The van der Waals surface area contributed by atoms with Gasteiger partial charge < -0.3 is 0 Å². The third-order valence-electron chi connectivity index (χ3n) is 0.539. The molecule has 0 bridgehead atoms. The summed E-state index contributed by atoms with van der Waals surface area (Å²) in [4.78, 5) is 0. The van der Waals surface area contributed by atoms with E-state index in [2.05, 4.69) is 8.99 Å². The van der Waals surface area contributed by atoms with Crippen molar-refractivity contribution < 1.29 is 0 Å². The summed E-state index contributed by atoms with van der Waals surface area (Å²) in [6.07, 6.45) is 1.52. The molecule has 0 amide bonds. The maximum absolute atomic E-state index is 2.20. The third kappa shape index (κ3) is 1.34. The molecule has 5 heavy (non-hydrogen) atoms. The summed E-state index contributed by atoms with van der Waals surface area (Å²) in [6.45, 7) is 0. The summed E-state index contributed by atoms with van der Waals surface area (Å²) in [6, 6.07) is 0. The molecule has 0 radical (unpaired) electrons. The quantitative estimate of drug-likeness (QED) is 0.531. The van der Waals surface area contributed by atoms with Gasteiger partial charge in [0.2, 0.25) is 0 Å². The Morgan fingerprint density at radius 1 is 1.60 bits per heavy atom.